The highest BCUT2D eigenvalue weighted by molar-refractivity contribution is 6.31. The van der Waals surface area contributed by atoms with Crippen molar-refractivity contribution < 1.29 is 4.79 Å². The molecular formula is C11H17ClN2O. The molecular weight excluding hydrogens is 212 g/mol. The van der Waals surface area contributed by atoms with Gasteiger partial charge in [-0.2, -0.15) is 0 Å². The molecule has 1 aromatic heterocycles. The fourth-order valence-electron chi connectivity index (χ4n) is 1.66. The van der Waals surface area contributed by atoms with Gasteiger partial charge in [0, 0.05) is 12.5 Å². The molecule has 0 fully saturated rings. The van der Waals surface area contributed by atoms with Crippen LogP contribution in [0.1, 0.15) is 56.0 Å². The molecule has 0 spiro atoms. The van der Waals surface area contributed by atoms with Gasteiger partial charge in [-0.15, -0.1) is 0 Å². The van der Waals surface area contributed by atoms with Crippen LogP contribution < -0.4 is 0 Å². The van der Waals surface area contributed by atoms with Crippen molar-refractivity contribution in [1.29, 1.82) is 0 Å². The minimum Gasteiger partial charge on any atom is -0.322 e. The van der Waals surface area contributed by atoms with E-state index >= 15 is 0 Å². The van der Waals surface area contributed by atoms with E-state index in [9.17, 15) is 4.79 Å². The van der Waals surface area contributed by atoms with Gasteiger partial charge in [-0.1, -0.05) is 24.9 Å². The second-order valence-electron chi connectivity index (χ2n) is 3.89. The monoisotopic (exact) mass is 228 g/mol. The standard InChI is InChI=1S/C11H17ClN2O/c1-4-5-6-10-13-11(12)9(7-15)14(10)8(2)3/h7-8H,4-6H2,1-3H3. The topological polar surface area (TPSA) is 34.9 Å². The van der Waals surface area contributed by atoms with Crippen molar-refractivity contribution in [2.24, 2.45) is 0 Å². The molecule has 0 N–H and O–H groups in total. The Labute approximate surface area is 95.5 Å². The lowest BCUT2D eigenvalue weighted by atomic mass is 10.2. The molecule has 0 unspecified atom stereocenters. The first-order valence-electron chi connectivity index (χ1n) is 5.33. The van der Waals surface area contributed by atoms with E-state index in [1.54, 1.807) is 0 Å². The average molecular weight is 229 g/mol. The van der Waals surface area contributed by atoms with Crippen LogP contribution in [-0.4, -0.2) is 15.8 Å². The SMILES string of the molecule is CCCCc1nc(Cl)c(C=O)n1C(C)C. The first-order chi connectivity index (χ1) is 7.11. The lowest BCUT2D eigenvalue weighted by molar-refractivity contribution is 0.111. The molecule has 3 nitrogen and oxygen atoms in total. The fourth-order valence-corrected chi connectivity index (χ4v) is 1.89. The van der Waals surface area contributed by atoms with E-state index in [0.29, 0.717) is 10.8 Å². The van der Waals surface area contributed by atoms with E-state index in [4.69, 9.17) is 11.6 Å². The fraction of sp³-hybridized carbons (Fsp3) is 0.636. The van der Waals surface area contributed by atoms with Crippen molar-refractivity contribution in [3.05, 3.63) is 16.7 Å². The number of carbonyl (C=O) groups is 1. The lowest BCUT2D eigenvalue weighted by Crippen LogP contribution is -2.09. The van der Waals surface area contributed by atoms with E-state index < -0.39 is 0 Å². The molecule has 1 rings (SSSR count). The van der Waals surface area contributed by atoms with Crippen LogP contribution in [0.4, 0.5) is 0 Å². The Kier molecular flexibility index (Phi) is 4.33. The smallest absolute Gasteiger partial charge is 0.169 e. The Morgan fingerprint density at radius 1 is 1.53 bits per heavy atom. The summed E-state index contributed by atoms with van der Waals surface area (Å²) in [6, 6.07) is 0.219. The lowest BCUT2D eigenvalue weighted by Gasteiger charge is -2.12. The molecule has 0 saturated carbocycles. The van der Waals surface area contributed by atoms with Crippen LogP contribution in [0.25, 0.3) is 0 Å². The van der Waals surface area contributed by atoms with Gasteiger partial charge in [-0.25, -0.2) is 4.98 Å². The van der Waals surface area contributed by atoms with Crippen molar-refractivity contribution in [2.75, 3.05) is 0 Å². The summed E-state index contributed by atoms with van der Waals surface area (Å²) < 4.78 is 1.92. The number of rotatable bonds is 5. The highest BCUT2D eigenvalue weighted by atomic mass is 35.5. The predicted molar refractivity (Wildman–Crippen MR) is 61.6 cm³/mol. The van der Waals surface area contributed by atoms with Gasteiger partial charge in [-0.05, 0) is 20.3 Å². The number of hydrogen-bond acceptors (Lipinski definition) is 2. The summed E-state index contributed by atoms with van der Waals surface area (Å²) >= 11 is 5.91. The average Bonchev–Trinajstić information content (AvgIpc) is 2.51. The van der Waals surface area contributed by atoms with Gasteiger partial charge in [-0.3, -0.25) is 4.79 Å². The van der Waals surface area contributed by atoms with Gasteiger partial charge < -0.3 is 4.57 Å². The Balaban J connectivity index is 3.09. The Morgan fingerprint density at radius 2 is 2.20 bits per heavy atom. The number of nitrogens with zero attached hydrogens (tertiary/aromatic N) is 2. The summed E-state index contributed by atoms with van der Waals surface area (Å²) in [6.45, 7) is 6.19. The Hall–Kier alpha value is -0.830. The van der Waals surface area contributed by atoms with Crippen LogP contribution in [0.3, 0.4) is 0 Å². The minimum absolute atomic E-state index is 0.219. The summed E-state index contributed by atoms with van der Waals surface area (Å²) in [6.07, 6.45) is 3.84. The quantitative estimate of drug-likeness (QED) is 0.725. The zero-order valence-electron chi connectivity index (χ0n) is 9.46. The number of aryl methyl sites for hydroxylation is 1. The minimum atomic E-state index is 0.219. The molecule has 0 aliphatic carbocycles. The van der Waals surface area contributed by atoms with E-state index in [2.05, 4.69) is 11.9 Å². The molecule has 0 aliphatic rings. The zero-order chi connectivity index (χ0) is 11.4. The third-order valence-corrected chi connectivity index (χ3v) is 2.64. The van der Waals surface area contributed by atoms with E-state index in [0.717, 1.165) is 31.4 Å². The van der Waals surface area contributed by atoms with Crippen LogP contribution in [0.2, 0.25) is 5.15 Å². The van der Waals surface area contributed by atoms with E-state index in [1.807, 2.05) is 18.4 Å². The maximum atomic E-state index is 10.9. The number of hydrogen-bond donors (Lipinski definition) is 0. The summed E-state index contributed by atoms with van der Waals surface area (Å²) in [5.74, 6) is 0.916. The largest absolute Gasteiger partial charge is 0.322 e. The molecule has 1 aromatic rings. The zero-order valence-corrected chi connectivity index (χ0v) is 10.2. The number of aldehydes is 1. The summed E-state index contributed by atoms with van der Waals surface area (Å²) in [4.78, 5) is 15.1. The molecule has 4 heteroatoms. The molecule has 0 amide bonds. The molecule has 0 bridgehead atoms. The van der Waals surface area contributed by atoms with Gasteiger partial charge in [0.25, 0.3) is 0 Å². The van der Waals surface area contributed by atoms with E-state index in [-0.39, 0.29) is 6.04 Å². The molecule has 15 heavy (non-hydrogen) atoms. The van der Waals surface area contributed by atoms with Crippen molar-refractivity contribution >= 4 is 17.9 Å². The summed E-state index contributed by atoms with van der Waals surface area (Å²) in [5.41, 5.74) is 0.498. The molecule has 0 saturated heterocycles. The van der Waals surface area contributed by atoms with Crippen LogP contribution >= 0.6 is 11.6 Å². The predicted octanol–water partition coefficient (Wildman–Crippen LogP) is 3.27. The van der Waals surface area contributed by atoms with Crippen LogP contribution in [0.5, 0.6) is 0 Å². The van der Waals surface area contributed by atoms with Gasteiger partial charge >= 0.3 is 0 Å². The third kappa shape index (κ3) is 2.59. The molecule has 0 aliphatic heterocycles. The van der Waals surface area contributed by atoms with Crippen molar-refractivity contribution in [3.63, 3.8) is 0 Å². The molecule has 0 radical (unpaired) electrons. The van der Waals surface area contributed by atoms with Crippen LogP contribution in [0.15, 0.2) is 0 Å². The van der Waals surface area contributed by atoms with Crippen molar-refractivity contribution in [3.8, 4) is 0 Å². The molecule has 0 aromatic carbocycles. The van der Waals surface area contributed by atoms with Gasteiger partial charge in [0.1, 0.15) is 11.5 Å². The summed E-state index contributed by atoms with van der Waals surface area (Å²) in [5, 5.41) is 0.324. The normalized spacial score (nSPS) is 11.0. The second kappa shape index (κ2) is 5.31. The molecule has 0 atom stereocenters. The van der Waals surface area contributed by atoms with Crippen LogP contribution in [-0.2, 0) is 6.42 Å². The Bertz CT molecular complexity index is 345. The third-order valence-electron chi connectivity index (χ3n) is 2.36. The molecule has 1 heterocycles. The van der Waals surface area contributed by atoms with Gasteiger partial charge in [0.2, 0.25) is 0 Å². The first-order valence-corrected chi connectivity index (χ1v) is 5.71. The van der Waals surface area contributed by atoms with E-state index in [1.165, 1.54) is 0 Å². The maximum absolute atomic E-state index is 10.9. The highest BCUT2D eigenvalue weighted by Gasteiger charge is 2.16. The highest BCUT2D eigenvalue weighted by Crippen LogP contribution is 2.21. The van der Waals surface area contributed by atoms with Gasteiger partial charge in [0.15, 0.2) is 11.4 Å². The number of imidazole rings is 1. The number of unbranched alkanes of at least 4 members (excludes halogenated alkanes) is 1. The first kappa shape index (κ1) is 12.2. The Morgan fingerprint density at radius 3 is 2.67 bits per heavy atom. The molecule has 84 valence electrons. The number of aromatic nitrogens is 2. The number of carbonyl (C=O) groups excluding carboxylic acids is 1. The van der Waals surface area contributed by atoms with Gasteiger partial charge in [0.05, 0.1) is 0 Å². The van der Waals surface area contributed by atoms with Crippen LogP contribution in [0, 0.1) is 0 Å². The second-order valence-corrected chi connectivity index (χ2v) is 4.25. The van der Waals surface area contributed by atoms with Crippen molar-refractivity contribution in [1.82, 2.24) is 9.55 Å². The maximum Gasteiger partial charge on any atom is 0.169 e. The number of halogens is 1. The summed E-state index contributed by atoms with van der Waals surface area (Å²) in [7, 11) is 0. The van der Waals surface area contributed by atoms with Crippen molar-refractivity contribution in [2.45, 2.75) is 46.1 Å².